The van der Waals surface area contributed by atoms with Gasteiger partial charge in [0.25, 0.3) is 0 Å². The Morgan fingerprint density at radius 3 is 1.92 bits per heavy atom. The predicted octanol–water partition coefficient (Wildman–Crippen LogP) is 7.55. The van der Waals surface area contributed by atoms with Crippen LogP contribution in [-0.4, -0.2) is 5.78 Å². The monoisotopic (exact) mass is 354 g/mol. The number of hydrogen-bond donors (Lipinski definition) is 0. The molecule has 2 heteroatoms. The number of rotatable bonds is 12. The molecule has 0 atom stereocenters. The van der Waals surface area contributed by atoms with Gasteiger partial charge in [-0.2, -0.15) is 0 Å². The Morgan fingerprint density at radius 2 is 1.28 bits per heavy atom. The van der Waals surface area contributed by atoms with Gasteiger partial charge in [-0.1, -0.05) is 94.0 Å². The summed E-state index contributed by atoms with van der Waals surface area (Å²) in [5.74, 6) is 0.280. The van der Waals surface area contributed by atoms with Crippen LogP contribution in [0.5, 0.6) is 0 Å². The van der Waals surface area contributed by atoms with Gasteiger partial charge in [-0.05, 0) is 30.7 Å². The van der Waals surface area contributed by atoms with Crippen molar-refractivity contribution < 1.29 is 4.79 Å². The predicted molar refractivity (Wildman–Crippen MR) is 109 cm³/mol. The Bertz CT molecular complexity index is 604. The van der Waals surface area contributed by atoms with E-state index in [1.54, 1.807) is 11.8 Å². The van der Waals surface area contributed by atoms with Gasteiger partial charge in [0.05, 0.1) is 0 Å². The number of ketones is 1. The van der Waals surface area contributed by atoms with Crippen LogP contribution in [0, 0.1) is 0 Å². The van der Waals surface area contributed by atoms with Crippen LogP contribution in [0.15, 0.2) is 64.4 Å². The largest absolute Gasteiger partial charge is 0.294 e. The van der Waals surface area contributed by atoms with Crippen molar-refractivity contribution in [1.82, 2.24) is 0 Å². The molecule has 0 radical (unpaired) electrons. The average Bonchev–Trinajstić information content (AvgIpc) is 2.65. The smallest absolute Gasteiger partial charge is 0.162 e. The van der Waals surface area contributed by atoms with Crippen LogP contribution >= 0.6 is 11.8 Å². The topological polar surface area (TPSA) is 17.1 Å². The Hall–Kier alpha value is -1.54. The molecule has 2 aromatic rings. The van der Waals surface area contributed by atoms with Gasteiger partial charge < -0.3 is 0 Å². The van der Waals surface area contributed by atoms with Crippen LogP contribution < -0.4 is 0 Å². The first-order valence-corrected chi connectivity index (χ1v) is 10.5. The fourth-order valence-corrected chi connectivity index (χ4v) is 3.73. The van der Waals surface area contributed by atoms with E-state index in [9.17, 15) is 4.79 Å². The SMILES string of the molecule is CCCCCCCCCCC(=O)c1ccc(Sc2ccccc2)cc1. The summed E-state index contributed by atoms with van der Waals surface area (Å²) in [4.78, 5) is 14.7. The molecule has 0 unspecified atom stereocenters. The lowest BCUT2D eigenvalue weighted by atomic mass is 10.0. The molecule has 0 aliphatic carbocycles. The van der Waals surface area contributed by atoms with Crippen LogP contribution in [-0.2, 0) is 0 Å². The standard InChI is InChI=1S/C23H30OS/c1-2-3-4-5-6-7-8-12-15-23(24)20-16-18-22(19-17-20)25-21-13-10-9-11-14-21/h9-11,13-14,16-19H,2-8,12,15H2,1H3. The third kappa shape index (κ3) is 7.92. The van der Waals surface area contributed by atoms with Crippen LogP contribution in [0.4, 0.5) is 0 Å². The second-order valence-electron chi connectivity index (χ2n) is 6.59. The van der Waals surface area contributed by atoms with Gasteiger partial charge in [-0.3, -0.25) is 4.79 Å². The zero-order chi connectivity index (χ0) is 17.7. The maximum atomic E-state index is 12.3. The number of hydrogen-bond acceptors (Lipinski definition) is 2. The number of carbonyl (C=O) groups is 1. The molecule has 0 bridgehead atoms. The van der Waals surface area contributed by atoms with E-state index in [0.717, 1.165) is 12.0 Å². The number of benzene rings is 2. The maximum absolute atomic E-state index is 12.3. The molecule has 0 aliphatic heterocycles. The van der Waals surface area contributed by atoms with E-state index in [4.69, 9.17) is 0 Å². The van der Waals surface area contributed by atoms with Crippen molar-refractivity contribution in [2.75, 3.05) is 0 Å². The Kier molecular flexibility index (Phi) is 9.43. The third-order valence-electron chi connectivity index (χ3n) is 4.41. The quantitative estimate of drug-likeness (QED) is 0.289. The van der Waals surface area contributed by atoms with Crippen molar-refractivity contribution in [1.29, 1.82) is 0 Å². The fourth-order valence-electron chi connectivity index (χ4n) is 2.90. The molecular formula is C23H30OS. The van der Waals surface area contributed by atoms with Crippen molar-refractivity contribution >= 4 is 17.5 Å². The van der Waals surface area contributed by atoms with Crippen LogP contribution in [0.25, 0.3) is 0 Å². The van der Waals surface area contributed by atoms with E-state index >= 15 is 0 Å². The van der Waals surface area contributed by atoms with E-state index in [0.29, 0.717) is 6.42 Å². The highest BCUT2D eigenvalue weighted by molar-refractivity contribution is 7.99. The summed E-state index contributed by atoms with van der Waals surface area (Å²) in [6.45, 7) is 2.25. The second-order valence-corrected chi connectivity index (χ2v) is 7.73. The van der Waals surface area contributed by atoms with Gasteiger partial charge in [0.2, 0.25) is 0 Å². The lowest BCUT2D eigenvalue weighted by molar-refractivity contribution is 0.0979. The average molecular weight is 355 g/mol. The molecule has 0 saturated carbocycles. The summed E-state index contributed by atoms with van der Waals surface area (Å²) in [6, 6.07) is 18.4. The summed E-state index contributed by atoms with van der Waals surface area (Å²) in [6.07, 6.45) is 10.8. The minimum absolute atomic E-state index is 0.280. The molecule has 0 aliphatic rings. The normalized spacial score (nSPS) is 10.8. The van der Waals surface area contributed by atoms with Gasteiger partial charge in [-0.25, -0.2) is 0 Å². The van der Waals surface area contributed by atoms with Gasteiger partial charge >= 0.3 is 0 Å². The molecule has 2 rings (SSSR count). The van der Waals surface area contributed by atoms with Crippen LogP contribution in [0.3, 0.4) is 0 Å². The minimum Gasteiger partial charge on any atom is -0.294 e. The summed E-state index contributed by atoms with van der Waals surface area (Å²) in [5, 5.41) is 0. The lowest BCUT2D eigenvalue weighted by Gasteiger charge is -2.05. The first-order valence-electron chi connectivity index (χ1n) is 9.66. The van der Waals surface area contributed by atoms with Crippen molar-refractivity contribution in [2.24, 2.45) is 0 Å². The fraction of sp³-hybridized carbons (Fsp3) is 0.435. The van der Waals surface area contributed by atoms with Crippen molar-refractivity contribution in [2.45, 2.75) is 74.5 Å². The molecule has 0 amide bonds. The van der Waals surface area contributed by atoms with Gasteiger partial charge in [0.15, 0.2) is 5.78 Å². The molecule has 0 saturated heterocycles. The number of Topliss-reactive ketones (excluding diaryl/α,β-unsaturated/α-hetero) is 1. The zero-order valence-electron chi connectivity index (χ0n) is 15.4. The van der Waals surface area contributed by atoms with Crippen molar-refractivity contribution in [3.63, 3.8) is 0 Å². The van der Waals surface area contributed by atoms with E-state index in [1.807, 2.05) is 30.3 Å². The second kappa shape index (κ2) is 11.9. The van der Waals surface area contributed by atoms with E-state index < -0.39 is 0 Å². The molecule has 134 valence electrons. The summed E-state index contributed by atoms with van der Waals surface area (Å²) in [7, 11) is 0. The molecule has 25 heavy (non-hydrogen) atoms. The molecule has 1 nitrogen and oxygen atoms in total. The highest BCUT2D eigenvalue weighted by atomic mass is 32.2. The molecule has 0 fully saturated rings. The minimum atomic E-state index is 0.280. The van der Waals surface area contributed by atoms with Gasteiger partial charge in [-0.15, -0.1) is 0 Å². The summed E-state index contributed by atoms with van der Waals surface area (Å²) >= 11 is 1.73. The van der Waals surface area contributed by atoms with E-state index in [-0.39, 0.29) is 5.78 Å². The van der Waals surface area contributed by atoms with Gasteiger partial charge in [0, 0.05) is 21.8 Å². The number of carbonyl (C=O) groups excluding carboxylic acids is 1. The number of unbranched alkanes of at least 4 members (excludes halogenated alkanes) is 7. The van der Waals surface area contributed by atoms with Crippen molar-refractivity contribution in [3.8, 4) is 0 Å². The molecule has 0 N–H and O–H groups in total. The highest BCUT2D eigenvalue weighted by Gasteiger charge is 2.06. The summed E-state index contributed by atoms with van der Waals surface area (Å²) in [5.41, 5.74) is 0.848. The van der Waals surface area contributed by atoms with E-state index in [2.05, 4.69) is 31.2 Å². The molecule has 2 aromatic carbocycles. The molecule has 0 spiro atoms. The molecular weight excluding hydrogens is 324 g/mol. The van der Waals surface area contributed by atoms with Crippen molar-refractivity contribution in [3.05, 3.63) is 60.2 Å². The third-order valence-corrected chi connectivity index (χ3v) is 5.43. The highest BCUT2D eigenvalue weighted by Crippen LogP contribution is 2.27. The Morgan fingerprint density at radius 1 is 0.720 bits per heavy atom. The first-order chi connectivity index (χ1) is 12.3. The zero-order valence-corrected chi connectivity index (χ0v) is 16.2. The molecule has 0 aromatic heterocycles. The van der Waals surface area contributed by atoms with E-state index in [1.165, 1.54) is 54.7 Å². The first kappa shape index (κ1) is 19.8. The summed E-state index contributed by atoms with van der Waals surface area (Å²) < 4.78 is 0. The van der Waals surface area contributed by atoms with Gasteiger partial charge in [0.1, 0.15) is 0 Å². The van der Waals surface area contributed by atoms with Crippen LogP contribution in [0.2, 0.25) is 0 Å². The molecule has 0 heterocycles. The van der Waals surface area contributed by atoms with Crippen LogP contribution in [0.1, 0.15) is 75.1 Å². The Labute approximate surface area is 157 Å². The Balaban J connectivity index is 1.66. The maximum Gasteiger partial charge on any atom is 0.162 e. The lowest BCUT2D eigenvalue weighted by Crippen LogP contribution is -1.98.